The third kappa shape index (κ3) is 3.38. The number of rotatable bonds is 4. The fourth-order valence-electron chi connectivity index (χ4n) is 1.71. The van der Waals surface area contributed by atoms with E-state index in [0.29, 0.717) is 11.7 Å². The molecule has 0 aliphatic rings. The quantitative estimate of drug-likeness (QED) is 0.691. The summed E-state index contributed by atoms with van der Waals surface area (Å²) >= 11 is 5.90. The third-order valence-electron chi connectivity index (χ3n) is 2.77. The van der Waals surface area contributed by atoms with Crippen molar-refractivity contribution in [3.8, 4) is 0 Å². The summed E-state index contributed by atoms with van der Waals surface area (Å²) in [5, 5.41) is 13.3. The number of benzene rings is 1. The molecule has 0 saturated heterocycles. The Hall–Kier alpha value is -2.41. The van der Waals surface area contributed by atoms with Crippen LogP contribution in [0.25, 0.3) is 0 Å². The number of carbonyl (C=O) groups excluding carboxylic acids is 1. The average molecular weight is 310 g/mol. The first kappa shape index (κ1) is 15.0. The Kier molecular flexibility index (Phi) is 4.23. The molecular weight excluding hydrogens is 298 g/mol. The van der Waals surface area contributed by atoms with E-state index in [9.17, 15) is 14.9 Å². The molecule has 2 rings (SSSR count). The number of hydrogen-bond donors (Lipinski definition) is 1. The van der Waals surface area contributed by atoms with Crippen molar-refractivity contribution in [3.05, 3.63) is 56.7 Å². The number of aryl methyl sites for hydroxylation is 1. The molecule has 1 heterocycles. The van der Waals surface area contributed by atoms with Gasteiger partial charge in [-0.05, 0) is 19.9 Å². The van der Waals surface area contributed by atoms with Gasteiger partial charge >= 0.3 is 0 Å². The number of carbonyl (C=O) groups is 1. The molecule has 7 nitrogen and oxygen atoms in total. The van der Waals surface area contributed by atoms with Crippen LogP contribution < -0.4 is 5.32 Å². The van der Waals surface area contributed by atoms with Crippen molar-refractivity contribution in [1.82, 2.24) is 10.3 Å². The van der Waals surface area contributed by atoms with Crippen LogP contribution in [-0.2, 0) is 0 Å². The zero-order chi connectivity index (χ0) is 15.6. The van der Waals surface area contributed by atoms with Crippen LogP contribution in [0.1, 0.15) is 35.0 Å². The number of aromatic nitrogens is 1. The lowest BCUT2D eigenvalue weighted by Crippen LogP contribution is -2.27. The lowest BCUT2D eigenvalue weighted by Gasteiger charge is -2.11. The van der Waals surface area contributed by atoms with Crippen LogP contribution >= 0.6 is 11.6 Å². The fraction of sp³-hybridized carbons (Fsp3) is 0.231. The molecule has 0 spiro atoms. The molecular formula is C13H12ClN3O4. The second-order valence-electron chi connectivity index (χ2n) is 4.43. The van der Waals surface area contributed by atoms with E-state index >= 15 is 0 Å². The van der Waals surface area contributed by atoms with E-state index in [0.717, 1.165) is 6.07 Å². The molecule has 110 valence electrons. The molecule has 0 bridgehead atoms. The zero-order valence-electron chi connectivity index (χ0n) is 11.3. The Balaban J connectivity index is 2.15. The SMILES string of the molecule is Cc1cnc(C(C)NC(=O)c2ccc([N+](=O)[O-])cc2Cl)o1. The smallest absolute Gasteiger partial charge is 0.270 e. The molecule has 1 aromatic carbocycles. The van der Waals surface area contributed by atoms with Crippen molar-refractivity contribution in [2.24, 2.45) is 0 Å². The number of non-ortho nitro benzene ring substituents is 1. The number of nitrogens with one attached hydrogen (secondary N) is 1. The predicted octanol–water partition coefficient (Wildman–Crippen LogP) is 3.04. The van der Waals surface area contributed by atoms with E-state index in [4.69, 9.17) is 16.0 Å². The van der Waals surface area contributed by atoms with E-state index in [-0.39, 0.29) is 16.3 Å². The maximum atomic E-state index is 12.1. The number of nitro groups is 1. The van der Waals surface area contributed by atoms with Crippen molar-refractivity contribution in [3.63, 3.8) is 0 Å². The Bertz CT molecular complexity index is 698. The largest absolute Gasteiger partial charge is 0.444 e. The van der Waals surface area contributed by atoms with E-state index in [1.54, 1.807) is 20.0 Å². The van der Waals surface area contributed by atoms with E-state index in [2.05, 4.69) is 10.3 Å². The number of oxazole rings is 1. The second kappa shape index (κ2) is 5.92. The van der Waals surface area contributed by atoms with E-state index in [1.165, 1.54) is 12.1 Å². The Morgan fingerprint density at radius 3 is 2.76 bits per heavy atom. The molecule has 1 N–H and O–H groups in total. The predicted molar refractivity (Wildman–Crippen MR) is 75.2 cm³/mol. The molecule has 2 aromatic rings. The fourth-order valence-corrected chi connectivity index (χ4v) is 1.97. The minimum Gasteiger partial charge on any atom is -0.444 e. The summed E-state index contributed by atoms with van der Waals surface area (Å²) in [6.07, 6.45) is 1.55. The molecule has 0 radical (unpaired) electrons. The molecule has 0 saturated carbocycles. The van der Waals surface area contributed by atoms with Gasteiger partial charge in [0.25, 0.3) is 11.6 Å². The van der Waals surface area contributed by atoms with Gasteiger partial charge < -0.3 is 9.73 Å². The van der Waals surface area contributed by atoms with Crippen molar-refractivity contribution in [2.75, 3.05) is 0 Å². The van der Waals surface area contributed by atoms with Gasteiger partial charge in [0, 0.05) is 12.1 Å². The summed E-state index contributed by atoms with van der Waals surface area (Å²) in [7, 11) is 0. The number of halogens is 1. The number of amides is 1. The van der Waals surface area contributed by atoms with Gasteiger partial charge in [-0.2, -0.15) is 0 Å². The molecule has 1 atom stereocenters. The average Bonchev–Trinajstić information content (AvgIpc) is 2.85. The van der Waals surface area contributed by atoms with Gasteiger partial charge in [-0.15, -0.1) is 0 Å². The summed E-state index contributed by atoms with van der Waals surface area (Å²) in [6.45, 7) is 3.46. The maximum absolute atomic E-state index is 12.1. The van der Waals surface area contributed by atoms with Crippen LogP contribution in [0.4, 0.5) is 5.69 Å². The summed E-state index contributed by atoms with van der Waals surface area (Å²) in [4.78, 5) is 26.2. The van der Waals surface area contributed by atoms with Crippen molar-refractivity contribution in [1.29, 1.82) is 0 Å². The van der Waals surface area contributed by atoms with Crippen LogP contribution in [0.3, 0.4) is 0 Å². The number of nitro benzene ring substituents is 1. The number of nitrogens with zero attached hydrogens (tertiary/aromatic N) is 2. The Morgan fingerprint density at radius 1 is 1.52 bits per heavy atom. The van der Waals surface area contributed by atoms with Crippen molar-refractivity contribution in [2.45, 2.75) is 19.9 Å². The van der Waals surface area contributed by atoms with Gasteiger partial charge in [-0.25, -0.2) is 4.98 Å². The van der Waals surface area contributed by atoms with Crippen LogP contribution in [0.5, 0.6) is 0 Å². The first-order chi connectivity index (χ1) is 9.88. The number of hydrogen-bond acceptors (Lipinski definition) is 5. The summed E-state index contributed by atoms with van der Waals surface area (Å²) < 4.78 is 5.31. The Morgan fingerprint density at radius 2 is 2.24 bits per heavy atom. The van der Waals surface area contributed by atoms with Crippen LogP contribution in [0.15, 0.2) is 28.8 Å². The van der Waals surface area contributed by atoms with Gasteiger partial charge in [-0.1, -0.05) is 11.6 Å². The first-order valence-corrected chi connectivity index (χ1v) is 6.43. The van der Waals surface area contributed by atoms with Crippen LogP contribution in [-0.4, -0.2) is 15.8 Å². The summed E-state index contributed by atoms with van der Waals surface area (Å²) in [5.74, 6) is 0.552. The normalized spacial score (nSPS) is 12.0. The van der Waals surface area contributed by atoms with Crippen molar-refractivity contribution < 1.29 is 14.1 Å². The van der Waals surface area contributed by atoms with Gasteiger partial charge in [-0.3, -0.25) is 14.9 Å². The van der Waals surface area contributed by atoms with E-state index in [1.807, 2.05) is 0 Å². The highest BCUT2D eigenvalue weighted by molar-refractivity contribution is 6.34. The monoisotopic (exact) mass is 309 g/mol. The molecule has 21 heavy (non-hydrogen) atoms. The van der Waals surface area contributed by atoms with Crippen LogP contribution in [0.2, 0.25) is 5.02 Å². The van der Waals surface area contributed by atoms with Gasteiger partial charge in [0.15, 0.2) is 0 Å². The zero-order valence-corrected chi connectivity index (χ0v) is 12.0. The lowest BCUT2D eigenvalue weighted by atomic mass is 10.2. The molecule has 0 fully saturated rings. The minimum atomic E-state index is -0.578. The molecule has 0 aliphatic carbocycles. The molecule has 1 aromatic heterocycles. The summed E-state index contributed by atoms with van der Waals surface area (Å²) in [5.41, 5.74) is -0.0229. The molecule has 0 aliphatic heterocycles. The standard InChI is InChI=1S/C13H12ClN3O4/c1-7-6-15-13(21-7)8(2)16-12(18)10-4-3-9(17(19)20)5-11(10)14/h3-6,8H,1-2H3,(H,16,18). The molecule has 1 amide bonds. The lowest BCUT2D eigenvalue weighted by molar-refractivity contribution is -0.384. The highest BCUT2D eigenvalue weighted by atomic mass is 35.5. The van der Waals surface area contributed by atoms with Crippen molar-refractivity contribution >= 4 is 23.2 Å². The summed E-state index contributed by atoms with van der Waals surface area (Å²) in [6, 6.07) is 3.22. The molecule has 1 unspecified atom stereocenters. The first-order valence-electron chi connectivity index (χ1n) is 6.05. The van der Waals surface area contributed by atoms with Gasteiger partial charge in [0.2, 0.25) is 5.89 Å². The van der Waals surface area contributed by atoms with E-state index < -0.39 is 16.9 Å². The highest BCUT2D eigenvalue weighted by Crippen LogP contribution is 2.23. The maximum Gasteiger partial charge on any atom is 0.270 e. The second-order valence-corrected chi connectivity index (χ2v) is 4.83. The van der Waals surface area contributed by atoms with Crippen LogP contribution in [0, 0.1) is 17.0 Å². The Labute approximate surface area is 125 Å². The van der Waals surface area contributed by atoms with Gasteiger partial charge in [0.05, 0.1) is 21.7 Å². The highest BCUT2D eigenvalue weighted by Gasteiger charge is 2.19. The topological polar surface area (TPSA) is 98.3 Å². The van der Waals surface area contributed by atoms with Gasteiger partial charge in [0.1, 0.15) is 11.8 Å². The molecule has 8 heteroatoms. The third-order valence-corrected chi connectivity index (χ3v) is 3.08. The minimum absolute atomic E-state index is 0.0116.